The van der Waals surface area contributed by atoms with Crippen LogP contribution >= 0.6 is 0 Å². The van der Waals surface area contributed by atoms with E-state index in [0.29, 0.717) is 24.6 Å². The molecular formula is C13H17F2NO. The molecule has 0 bridgehead atoms. The van der Waals surface area contributed by atoms with E-state index in [1.54, 1.807) is 7.11 Å². The van der Waals surface area contributed by atoms with Crippen molar-refractivity contribution in [2.24, 2.45) is 5.92 Å². The van der Waals surface area contributed by atoms with E-state index in [4.69, 9.17) is 4.74 Å². The zero-order chi connectivity index (χ0) is 12.3. The van der Waals surface area contributed by atoms with Gasteiger partial charge in [-0.15, -0.1) is 0 Å². The third-order valence-corrected chi connectivity index (χ3v) is 3.10. The number of nitrogens with one attached hydrogen (secondary N) is 1. The van der Waals surface area contributed by atoms with E-state index in [1.165, 1.54) is 18.9 Å². The first-order valence-corrected chi connectivity index (χ1v) is 5.87. The minimum atomic E-state index is -0.405. The molecule has 1 fully saturated rings. The van der Waals surface area contributed by atoms with Gasteiger partial charge in [-0.3, -0.25) is 0 Å². The molecule has 0 aromatic heterocycles. The topological polar surface area (TPSA) is 21.3 Å². The van der Waals surface area contributed by atoms with E-state index in [0.717, 1.165) is 12.1 Å². The summed E-state index contributed by atoms with van der Waals surface area (Å²) in [6.07, 6.45) is 2.37. The molecule has 4 heteroatoms. The second-order valence-electron chi connectivity index (χ2n) is 4.52. The molecule has 17 heavy (non-hydrogen) atoms. The number of benzene rings is 1. The lowest BCUT2D eigenvalue weighted by molar-refractivity contribution is 0.157. The first kappa shape index (κ1) is 12.5. The number of halogens is 2. The van der Waals surface area contributed by atoms with Gasteiger partial charge in [-0.25, -0.2) is 8.78 Å². The van der Waals surface area contributed by atoms with Gasteiger partial charge in [0.2, 0.25) is 0 Å². The van der Waals surface area contributed by atoms with Crippen LogP contribution < -0.4 is 5.32 Å². The van der Waals surface area contributed by atoms with Gasteiger partial charge in [0.15, 0.2) is 0 Å². The molecule has 1 aromatic rings. The maximum Gasteiger partial charge on any atom is 0.127 e. The van der Waals surface area contributed by atoms with Crippen molar-refractivity contribution in [2.75, 3.05) is 13.7 Å². The molecule has 0 heterocycles. The number of methoxy groups -OCH3 is 1. The fraction of sp³-hybridized carbons (Fsp3) is 0.538. The highest BCUT2D eigenvalue weighted by Gasteiger charge is 2.30. The second-order valence-corrected chi connectivity index (χ2v) is 4.52. The van der Waals surface area contributed by atoms with Crippen molar-refractivity contribution in [3.63, 3.8) is 0 Å². The number of rotatable bonds is 6. The molecule has 1 N–H and O–H groups in total. The van der Waals surface area contributed by atoms with Crippen LogP contribution in [0.25, 0.3) is 0 Å². The lowest BCUT2D eigenvalue weighted by Crippen LogP contribution is -2.34. The minimum Gasteiger partial charge on any atom is -0.383 e. The highest BCUT2D eigenvalue weighted by Crippen LogP contribution is 2.32. The van der Waals surface area contributed by atoms with Crippen molar-refractivity contribution in [3.8, 4) is 0 Å². The number of hydrogen-bond acceptors (Lipinski definition) is 2. The van der Waals surface area contributed by atoms with Crippen LogP contribution in [-0.4, -0.2) is 19.8 Å². The minimum absolute atomic E-state index is 0.239. The van der Waals surface area contributed by atoms with Gasteiger partial charge < -0.3 is 10.1 Å². The maximum atomic E-state index is 13.4. The van der Waals surface area contributed by atoms with E-state index in [9.17, 15) is 8.78 Å². The lowest BCUT2D eigenvalue weighted by atomic mass is 10.1. The highest BCUT2D eigenvalue weighted by molar-refractivity contribution is 5.18. The first-order valence-electron chi connectivity index (χ1n) is 5.87. The molecule has 2 nitrogen and oxygen atoms in total. The SMILES string of the molecule is COCC(NCc1cc(F)ccc1F)C1CC1. The predicted octanol–water partition coefficient (Wildman–Crippen LogP) is 2.48. The van der Waals surface area contributed by atoms with Crippen molar-refractivity contribution in [2.45, 2.75) is 25.4 Å². The van der Waals surface area contributed by atoms with E-state index in [1.807, 2.05) is 0 Å². The van der Waals surface area contributed by atoms with E-state index in [2.05, 4.69) is 5.32 Å². The van der Waals surface area contributed by atoms with Crippen LogP contribution in [0.5, 0.6) is 0 Å². The third kappa shape index (κ3) is 3.48. The Morgan fingerprint density at radius 3 is 2.82 bits per heavy atom. The van der Waals surface area contributed by atoms with Crippen molar-refractivity contribution in [1.82, 2.24) is 5.32 Å². The summed E-state index contributed by atoms with van der Waals surface area (Å²) in [5, 5.41) is 3.24. The summed E-state index contributed by atoms with van der Waals surface area (Å²) in [5.41, 5.74) is 0.367. The molecule has 0 saturated heterocycles. The zero-order valence-corrected chi connectivity index (χ0v) is 9.88. The van der Waals surface area contributed by atoms with Crippen LogP contribution in [0.2, 0.25) is 0 Å². The number of hydrogen-bond donors (Lipinski definition) is 1. The fourth-order valence-corrected chi connectivity index (χ4v) is 1.96. The van der Waals surface area contributed by atoms with Crippen molar-refractivity contribution < 1.29 is 13.5 Å². The molecule has 1 atom stereocenters. The van der Waals surface area contributed by atoms with Crippen molar-refractivity contribution in [1.29, 1.82) is 0 Å². The average Bonchev–Trinajstić information content (AvgIpc) is 3.12. The standard InChI is InChI=1S/C13H17F2NO/c1-17-8-13(9-2-3-9)16-7-10-6-11(14)4-5-12(10)15/h4-6,9,13,16H,2-3,7-8H2,1H3. The number of ether oxygens (including phenoxy) is 1. The monoisotopic (exact) mass is 241 g/mol. The van der Waals surface area contributed by atoms with Crippen molar-refractivity contribution in [3.05, 3.63) is 35.4 Å². The average molecular weight is 241 g/mol. The molecule has 1 unspecified atom stereocenters. The van der Waals surface area contributed by atoms with Gasteiger partial charge >= 0.3 is 0 Å². The smallest absolute Gasteiger partial charge is 0.127 e. The Hall–Kier alpha value is -1.00. The summed E-state index contributed by atoms with van der Waals surface area (Å²) >= 11 is 0. The normalized spacial score (nSPS) is 17.1. The van der Waals surface area contributed by atoms with Crippen LogP contribution in [-0.2, 0) is 11.3 Å². The highest BCUT2D eigenvalue weighted by atomic mass is 19.1. The summed E-state index contributed by atoms with van der Waals surface area (Å²) in [6, 6.07) is 3.77. The third-order valence-electron chi connectivity index (χ3n) is 3.10. The van der Waals surface area contributed by atoms with Gasteiger partial charge in [0.25, 0.3) is 0 Å². The largest absolute Gasteiger partial charge is 0.383 e. The van der Waals surface area contributed by atoms with Crippen LogP contribution in [0, 0.1) is 17.6 Å². The zero-order valence-electron chi connectivity index (χ0n) is 9.88. The molecule has 0 amide bonds. The summed E-state index contributed by atoms with van der Waals surface area (Å²) < 4.78 is 31.5. The second kappa shape index (κ2) is 5.56. The molecule has 94 valence electrons. The van der Waals surface area contributed by atoms with Gasteiger partial charge in [0.05, 0.1) is 6.61 Å². The molecule has 1 saturated carbocycles. The van der Waals surface area contributed by atoms with Gasteiger partial charge in [-0.05, 0) is 37.0 Å². The molecule has 0 radical (unpaired) electrons. The van der Waals surface area contributed by atoms with Crippen LogP contribution in [0.4, 0.5) is 8.78 Å². The first-order chi connectivity index (χ1) is 8.20. The summed E-state index contributed by atoms with van der Waals surface area (Å²) in [7, 11) is 1.65. The van der Waals surface area contributed by atoms with Crippen LogP contribution in [0.3, 0.4) is 0 Å². The fourth-order valence-electron chi connectivity index (χ4n) is 1.96. The van der Waals surface area contributed by atoms with E-state index in [-0.39, 0.29) is 11.9 Å². The molecule has 1 aromatic carbocycles. The maximum absolute atomic E-state index is 13.4. The van der Waals surface area contributed by atoms with Crippen LogP contribution in [0.1, 0.15) is 18.4 Å². The molecular weight excluding hydrogens is 224 g/mol. The Morgan fingerprint density at radius 1 is 1.41 bits per heavy atom. The van der Waals surface area contributed by atoms with Gasteiger partial charge in [0.1, 0.15) is 11.6 Å². The van der Waals surface area contributed by atoms with E-state index < -0.39 is 5.82 Å². The van der Waals surface area contributed by atoms with Crippen LogP contribution in [0.15, 0.2) is 18.2 Å². The Morgan fingerprint density at radius 2 is 2.18 bits per heavy atom. The molecule has 1 aliphatic carbocycles. The van der Waals surface area contributed by atoms with Gasteiger partial charge in [0, 0.05) is 25.3 Å². The molecule has 1 aliphatic rings. The Labute approximate surface area is 100.0 Å². The summed E-state index contributed by atoms with van der Waals surface area (Å²) in [4.78, 5) is 0. The molecule has 2 rings (SSSR count). The predicted molar refractivity (Wildman–Crippen MR) is 61.6 cm³/mol. The quantitative estimate of drug-likeness (QED) is 0.826. The van der Waals surface area contributed by atoms with Gasteiger partial charge in [-0.1, -0.05) is 0 Å². The molecule has 0 aliphatic heterocycles. The van der Waals surface area contributed by atoms with Gasteiger partial charge in [-0.2, -0.15) is 0 Å². The Kier molecular flexibility index (Phi) is 4.07. The summed E-state index contributed by atoms with van der Waals surface area (Å²) in [6.45, 7) is 0.954. The Balaban J connectivity index is 1.93. The summed E-state index contributed by atoms with van der Waals surface area (Å²) in [5.74, 6) is -0.157. The van der Waals surface area contributed by atoms with E-state index >= 15 is 0 Å². The molecule has 0 spiro atoms. The van der Waals surface area contributed by atoms with Crippen molar-refractivity contribution >= 4 is 0 Å². The Bertz CT molecular complexity index is 380. The lowest BCUT2D eigenvalue weighted by Gasteiger charge is -2.17.